The van der Waals surface area contributed by atoms with Crippen LogP contribution < -0.4 is 10.6 Å². The van der Waals surface area contributed by atoms with Crippen LogP contribution in [-0.4, -0.2) is 27.9 Å². The lowest BCUT2D eigenvalue weighted by Crippen LogP contribution is -2.25. The maximum atomic E-state index is 14.1. The van der Waals surface area contributed by atoms with Crippen molar-refractivity contribution in [3.63, 3.8) is 0 Å². The van der Waals surface area contributed by atoms with Crippen molar-refractivity contribution in [2.45, 2.75) is 32.1 Å². The molecule has 1 aliphatic rings. The summed E-state index contributed by atoms with van der Waals surface area (Å²) < 4.78 is 14.1. The summed E-state index contributed by atoms with van der Waals surface area (Å²) in [5, 5.41) is 14.1. The quantitative estimate of drug-likeness (QED) is 0.727. The van der Waals surface area contributed by atoms with Crippen molar-refractivity contribution in [3.05, 3.63) is 53.6 Å². The van der Waals surface area contributed by atoms with E-state index in [1.165, 1.54) is 24.4 Å². The SMILES string of the molecule is O=C(Nc1ccc(F)c(NC(=O)C2CCCCC2)c1)c1ccnc(C(=O)O)c1. The second-order valence-electron chi connectivity index (χ2n) is 6.71. The van der Waals surface area contributed by atoms with Gasteiger partial charge >= 0.3 is 5.97 Å². The number of rotatable bonds is 5. The smallest absolute Gasteiger partial charge is 0.354 e. The van der Waals surface area contributed by atoms with Gasteiger partial charge in [-0.1, -0.05) is 19.3 Å². The number of nitrogens with zero attached hydrogens (tertiary/aromatic N) is 1. The number of carbonyl (C=O) groups is 3. The summed E-state index contributed by atoms with van der Waals surface area (Å²) in [6, 6.07) is 6.38. The molecule has 0 aliphatic heterocycles. The minimum Gasteiger partial charge on any atom is -0.477 e. The maximum Gasteiger partial charge on any atom is 0.354 e. The van der Waals surface area contributed by atoms with Gasteiger partial charge in [0.15, 0.2) is 0 Å². The summed E-state index contributed by atoms with van der Waals surface area (Å²) in [7, 11) is 0. The van der Waals surface area contributed by atoms with Crippen LogP contribution in [0.5, 0.6) is 0 Å². The molecule has 8 heteroatoms. The molecule has 0 bridgehead atoms. The van der Waals surface area contributed by atoms with E-state index < -0.39 is 17.7 Å². The number of carboxylic acids is 1. The van der Waals surface area contributed by atoms with Crippen LogP contribution in [0.1, 0.15) is 53.0 Å². The van der Waals surface area contributed by atoms with E-state index in [9.17, 15) is 18.8 Å². The minimum absolute atomic E-state index is 0.00525. The first-order valence-corrected chi connectivity index (χ1v) is 9.05. The number of benzene rings is 1. The highest BCUT2D eigenvalue weighted by Gasteiger charge is 2.22. The molecule has 146 valence electrons. The number of pyridine rings is 1. The van der Waals surface area contributed by atoms with Gasteiger partial charge in [-0.3, -0.25) is 9.59 Å². The predicted molar refractivity (Wildman–Crippen MR) is 101 cm³/mol. The fourth-order valence-electron chi connectivity index (χ4n) is 3.19. The molecule has 2 amide bonds. The second-order valence-corrected chi connectivity index (χ2v) is 6.71. The Labute approximate surface area is 161 Å². The summed E-state index contributed by atoms with van der Waals surface area (Å²) in [4.78, 5) is 39.3. The zero-order valence-corrected chi connectivity index (χ0v) is 15.1. The summed E-state index contributed by atoms with van der Waals surface area (Å²) in [5.41, 5.74) is 0.116. The Morgan fingerprint density at radius 3 is 2.50 bits per heavy atom. The normalized spacial score (nSPS) is 14.3. The predicted octanol–water partition coefficient (Wildman–Crippen LogP) is 3.69. The highest BCUT2D eigenvalue weighted by atomic mass is 19.1. The molecule has 1 heterocycles. The molecule has 0 atom stereocenters. The Kier molecular flexibility index (Phi) is 5.98. The highest BCUT2D eigenvalue weighted by molar-refractivity contribution is 6.05. The van der Waals surface area contributed by atoms with Gasteiger partial charge in [0.25, 0.3) is 5.91 Å². The average Bonchev–Trinajstić information content (AvgIpc) is 2.71. The molecule has 3 N–H and O–H groups in total. The number of aromatic nitrogens is 1. The van der Waals surface area contributed by atoms with Gasteiger partial charge in [0.05, 0.1) is 5.69 Å². The van der Waals surface area contributed by atoms with Crippen molar-refractivity contribution in [2.24, 2.45) is 5.92 Å². The van der Waals surface area contributed by atoms with Crippen molar-refractivity contribution in [3.8, 4) is 0 Å². The Morgan fingerprint density at radius 1 is 1.04 bits per heavy atom. The van der Waals surface area contributed by atoms with Gasteiger partial charge < -0.3 is 15.7 Å². The molecule has 0 unspecified atom stereocenters. The minimum atomic E-state index is -1.25. The molecule has 0 radical (unpaired) electrons. The van der Waals surface area contributed by atoms with Crippen molar-refractivity contribution >= 4 is 29.2 Å². The lowest BCUT2D eigenvalue weighted by atomic mass is 9.88. The molecular formula is C20H20FN3O4. The van der Waals surface area contributed by atoms with E-state index in [4.69, 9.17) is 5.11 Å². The number of anilines is 2. The van der Waals surface area contributed by atoms with E-state index in [0.29, 0.717) is 0 Å². The van der Waals surface area contributed by atoms with Crippen LogP contribution in [0.3, 0.4) is 0 Å². The van der Waals surface area contributed by atoms with E-state index in [-0.39, 0.29) is 34.5 Å². The topological polar surface area (TPSA) is 108 Å². The van der Waals surface area contributed by atoms with Gasteiger partial charge in [-0.25, -0.2) is 14.2 Å². The number of halogens is 1. The Balaban J connectivity index is 1.72. The Hall–Kier alpha value is -3.29. The molecule has 2 aromatic rings. The van der Waals surface area contributed by atoms with Gasteiger partial charge in [0, 0.05) is 23.4 Å². The molecular weight excluding hydrogens is 365 g/mol. The first-order chi connectivity index (χ1) is 13.4. The number of carboxylic acid groups (broad SMARTS) is 1. The number of carbonyl (C=O) groups excluding carboxylic acids is 2. The number of aromatic carboxylic acids is 1. The lowest BCUT2D eigenvalue weighted by Gasteiger charge is -2.21. The molecule has 1 saturated carbocycles. The number of amides is 2. The largest absolute Gasteiger partial charge is 0.477 e. The van der Waals surface area contributed by atoms with Crippen molar-refractivity contribution in [2.75, 3.05) is 10.6 Å². The van der Waals surface area contributed by atoms with Crippen molar-refractivity contribution < 1.29 is 23.9 Å². The lowest BCUT2D eigenvalue weighted by molar-refractivity contribution is -0.120. The molecule has 1 aromatic carbocycles. The van der Waals surface area contributed by atoms with Gasteiger partial charge in [-0.05, 0) is 43.2 Å². The van der Waals surface area contributed by atoms with Gasteiger partial charge in [-0.2, -0.15) is 0 Å². The number of hydrogen-bond donors (Lipinski definition) is 3. The number of hydrogen-bond acceptors (Lipinski definition) is 4. The van der Waals surface area contributed by atoms with Gasteiger partial charge in [-0.15, -0.1) is 0 Å². The summed E-state index contributed by atoms with van der Waals surface area (Å²) in [5.74, 6) is -2.76. The summed E-state index contributed by atoms with van der Waals surface area (Å²) in [6.07, 6.45) is 5.88. The van der Waals surface area contributed by atoms with Crippen molar-refractivity contribution in [1.29, 1.82) is 0 Å². The van der Waals surface area contributed by atoms with E-state index >= 15 is 0 Å². The molecule has 0 spiro atoms. The summed E-state index contributed by atoms with van der Waals surface area (Å²) in [6.45, 7) is 0. The molecule has 1 aromatic heterocycles. The Bertz CT molecular complexity index is 910. The van der Waals surface area contributed by atoms with Crippen LogP contribution in [0.4, 0.5) is 15.8 Å². The van der Waals surface area contributed by atoms with Crippen molar-refractivity contribution in [1.82, 2.24) is 4.98 Å². The number of nitrogens with one attached hydrogen (secondary N) is 2. The molecule has 1 aliphatic carbocycles. The average molecular weight is 385 g/mol. The fraction of sp³-hybridized carbons (Fsp3) is 0.300. The standard InChI is InChI=1S/C20H20FN3O4/c21-15-7-6-14(11-16(15)24-18(25)12-4-2-1-3-5-12)23-19(26)13-8-9-22-17(10-13)20(27)28/h6-12H,1-5H2,(H,23,26)(H,24,25)(H,27,28). The highest BCUT2D eigenvalue weighted by Crippen LogP contribution is 2.26. The second kappa shape index (κ2) is 8.60. The molecule has 28 heavy (non-hydrogen) atoms. The third-order valence-corrected chi connectivity index (χ3v) is 4.70. The molecule has 1 fully saturated rings. The van der Waals surface area contributed by atoms with E-state index in [1.807, 2.05) is 0 Å². The van der Waals surface area contributed by atoms with Gasteiger partial charge in [0.1, 0.15) is 11.5 Å². The first-order valence-electron chi connectivity index (χ1n) is 9.05. The van der Waals surface area contributed by atoms with Crippen LogP contribution in [0.2, 0.25) is 0 Å². The zero-order valence-electron chi connectivity index (χ0n) is 15.1. The van der Waals surface area contributed by atoms with Crippen LogP contribution in [0.15, 0.2) is 36.5 Å². The first kappa shape index (κ1) is 19.5. The third-order valence-electron chi connectivity index (χ3n) is 4.70. The fourth-order valence-corrected chi connectivity index (χ4v) is 3.19. The van der Waals surface area contributed by atoms with Crippen LogP contribution in [0, 0.1) is 11.7 Å². The zero-order chi connectivity index (χ0) is 20.1. The van der Waals surface area contributed by atoms with Crippen LogP contribution >= 0.6 is 0 Å². The van der Waals surface area contributed by atoms with Crippen LogP contribution in [0.25, 0.3) is 0 Å². The van der Waals surface area contributed by atoms with E-state index in [1.54, 1.807) is 0 Å². The van der Waals surface area contributed by atoms with E-state index in [0.717, 1.165) is 44.2 Å². The molecule has 7 nitrogen and oxygen atoms in total. The Morgan fingerprint density at radius 2 is 1.79 bits per heavy atom. The molecule has 0 saturated heterocycles. The third kappa shape index (κ3) is 4.70. The van der Waals surface area contributed by atoms with Crippen LogP contribution in [-0.2, 0) is 4.79 Å². The van der Waals surface area contributed by atoms with Gasteiger partial charge in [0.2, 0.25) is 5.91 Å². The summed E-state index contributed by atoms with van der Waals surface area (Å²) >= 11 is 0. The molecule has 3 rings (SSSR count). The maximum absolute atomic E-state index is 14.1. The monoisotopic (exact) mass is 385 g/mol. The van der Waals surface area contributed by atoms with E-state index in [2.05, 4.69) is 15.6 Å².